The number of rotatable bonds is 5. The van der Waals surface area contributed by atoms with E-state index in [1.807, 2.05) is 18.7 Å². The number of urea groups is 1. The molecule has 1 saturated heterocycles. The van der Waals surface area contributed by atoms with E-state index in [0.717, 1.165) is 12.2 Å². The van der Waals surface area contributed by atoms with Crippen molar-refractivity contribution in [3.63, 3.8) is 0 Å². The van der Waals surface area contributed by atoms with Crippen molar-refractivity contribution in [2.45, 2.75) is 56.2 Å². The van der Waals surface area contributed by atoms with Crippen LogP contribution in [-0.4, -0.2) is 28.1 Å². The molecule has 6 heteroatoms. The van der Waals surface area contributed by atoms with Gasteiger partial charge in [-0.25, -0.2) is 9.78 Å². The highest BCUT2D eigenvalue weighted by molar-refractivity contribution is 8.00. The molecule has 3 rings (SSSR count). The molecule has 1 aromatic rings. The van der Waals surface area contributed by atoms with Crippen LogP contribution < -0.4 is 10.6 Å². The maximum atomic E-state index is 12.0. The van der Waals surface area contributed by atoms with Gasteiger partial charge < -0.3 is 10.6 Å². The first-order valence-corrected chi connectivity index (χ1v) is 9.56. The smallest absolute Gasteiger partial charge is 0.315 e. The molecule has 0 radical (unpaired) electrons. The zero-order chi connectivity index (χ0) is 14.9. The molecular formula is C15H23N3OS2. The van der Waals surface area contributed by atoms with Gasteiger partial charge in [0, 0.05) is 22.6 Å². The Morgan fingerprint density at radius 2 is 2.38 bits per heavy atom. The molecule has 0 aromatic carbocycles. The molecule has 2 N–H and O–H groups in total. The molecule has 2 aliphatic rings. The third-order valence-corrected chi connectivity index (χ3v) is 6.74. The van der Waals surface area contributed by atoms with Crippen LogP contribution >= 0.6 is 23.1 Å². The SMILES string of the molecule is CC(NC(=O)NCC1(C)CCCS1)c1csc(C2CC2)n1. The monoisotopic (exact) mass is 325 g/mol. The summed E-state index contributed by atoms with van der Waals surface area (Å²) in [5, 5.41) is 9.31. The van der Waals surface area contributed by atoms with Crippen molar-refractivity contribution in [3.05, 3.63) is 16.1 Å². The summed E-state index contributed by atoms with van der Waals surface area (Å²) in [6, 6.07) is -0.116. The highest BCUT2D eigenvalue weighted by atomic mass is 32.2. The molecule has 2 heterocycles. The first-order valence-electron chi connectivity index (χ1n) is 7.69. The number of carbonyl (C=O) groups is 1. The average Bonchev–Trinajstić information content (AvgIpc) is 3.02. The highest BCUT2D eigenvalue weighted by Crippen LogP contribution is 2.41. The molecule has 2 atom stereocenters. The molecule has 21 heavy (non-hydrogen) atoms. The minimum Gasteiger partial charge on any atom is -0.337 e. The molecule has 2 unspecified atom stereocenters. The molecule has 1 saturated carbocycles. The van der Waals surface area contributed by atoms with Crippen LogP contribution in [0.15, 0.2) is 5.38 Å². The second kappa shape index (κ2) is 6.16. The number of thiazole rings is 1. The third kappa shape index (κ3) is 3.92. The Balaban J connectivity index is 1.46. The van der Waals surface area contributed by atoms with Crippen LogP contribution in [0.2, 0.25) is 0 Å². The standard InChI is InChI=1S/C15H23N3OS2/c1-10(12-8-20-13(18-12)11-4-5-11)17-14(19)16-9-15(2)6-3-7-21-15/h8,10-11H,3-7,9H2,1-2H3,(H2,16,17,19). The number of hydrogen-bond donors (Lipinski definition) is 2. The molecular weight excluding hydrogens is 302 g/mol. The number of nitrogens with one attached hydrogen (secondary N) is 2. The van der Waals surface area contributed by atoms with Crippen LogP contribution in [0.25, 0.3) is 0 Å². The van der Waals surface area contributed by atoms with E-state index in [0.29, 0.717) is 5.92 Å². The molecule has 116 valence electrons. The van der Waals surface area contributed by atoms with Crippen LogP contribution in [0.5, 0.6) is 0 Å². The molecule has 2 fully saturated rings. The van der Waals surface area contributed by atoms with Crippen LogP contribution in [-0.2, 0) is 0 Å². The Kier molecular flexibility index (Phi) is 4.45. The maximum Gasteiger partial charge on any atom is 0.315 e. The van der Waals surface area contributed by atoms with Crippen LogP contribution in [0.3, 0.4) is 0 Å². The van der Waals surface area contributed by atoms with Gasteiger partial charge in [0.05, 0.1) is 16.7 Å². The van der Waals surface area contributed by atoms with Crippen molar-refractivity contribution in [2.75, 3.05) is 12.3 Å². The summed E-state index contributed by atoms with van der Waals surface area (Å²) in [6.45, 7) is 4.97. The summed E-state index contributed by atoms with van der Waals surface area (Å²) in [7, 11) is 0. The van der Waals surface area contributed by atoms with Gasteiger partial charge in [0.2, 0.25) is 0 Å². The number of aromatic nitrogens is 1. The summed E-state index contributed by atoms with van der Waals surface area (Å²) in [6.07, 6.45) is 4.98. The van der Waals surface area contributed by atoms with Crippen molar-refractivity contribution in [2.24, 2.45) is 0 Å². The van der Waals surface area contributed by atoms with Crippen molar-refractivity contribution < 1.29 is 4.79 Å². The minimum absolute atomic E-state index is 0.0298. The first kappa shape index (κ1) is 15.2. The van der Waals surface area contributed by atoms with Crippen molar-refractivity contribution >= 4 is 29.1 Å². The van der Waals surface area contributed by atoms with E-state index >= 15 is 0 Å². The Morgan fingerprint density at radius 1 is 1.57 bits per heavy atom. The average molecular weight is 326 g/mol. The second-order valence-corrected chi connectivity index (χ2v) is 8.91. The van der Waals surface area contributed by atoms with Gasteiger partial charge in [0.25, 0.3) is 0 Å². The van der Waals surface area contributed by atoms with Gasteiger partial charge in [-0.15, -0.1) is 11.3 Å². The van der Waals surface area contributed by atoms with Crippen LogP contribution in [0, 0.1) is 0 Å². The summed E-state index contributed by atoms with van der Waals surface area (Å²) in [5.74, 6) is 1.89. The van der Waals surface area contributed by atoms with Gasteiger partial charge in [-0.3, -0.25) is 0 Å². The quantitative estimate of drug-likeness (QED) is 0.868. The van der Waals surface area contributed by atoms with Crippen molar-refractivity contribution in [1.82, 2.24) is 15.6 Å². The first-order chi connectivity index (χ1) is 10.1. The Bertz CT molecular complexity index is 507. The normalized spacial score (nSPS) is 26.6. The van der Waals surface area contributed by atoms with Gasteiger partial charge in [0.15, 0.2) is 0 Å². The number of hydrogen-bond acceptors (Lipinski definition) is 4. The molecule has 2 amide bonds. The van der Waals surface area contributed by atoms with Crippen LogP contribution in [0.4, 0.5) is 4.79 Å². The van der Waals surface area contributed by atoms with Gasteiger partial charge in [-0.1, -0.05) is 0 Å². The van der Waals surface area contributed by atoms with Gasteiger partial charge >= 0.3 is 6.03 Å². The van der Waals surface area contributed by atoms with Crippen LogP contribution in [0.1, 0.15) is 62.2 Å². The van der Waals surface area contributed by atoms with Gasteiger partial charge in [0.1, 0.15) is 0 Å². The van der Waals surface area contributed by atoms with E-state index in [-0.39, 0.29) is 16.8 Å². The largest absolute Gasteiger partial charge is 0.337 e. The summed E-state index contributed by atoms with van der Waals surface area (Å²) in [5.41, 5.74) is 0.985. The highest BCUT2D eigenvalue weighted by Gasteiger charge is 2.30. The number of carbonyl (C=O) groups excluding carboxylic acids is 1. The summed E-state index contributed by atoms with van der Waals surface area (Å²) >= 11 is 3.68. The zero-order valence-electron chi connectivity index (χ0n) is 12.6. The van der Waals surface area contributed by atoms with E-state index in [9.17, 15) is 4.79 Å². The minimum atomic E-state index is -0.0859. The topological polar surface area (TPSA) is 54.0 Å². The van der Waals surface area contributed by atoms with Crippen molar-refractivity contribution in [1.29, 1.82) is 0 Å². The number of thioether (sulfide) groups is 1. The lowest BCUT2D eigenvalue weighted by Gasteiger charge is -2.23. The Morgan fingerprint density at radius 3 is 3.05 bits per heavy atom. The number of nitrogens with zero attached hydrogens (tertiary/aromatic N) is 1. The lowest BCUT2D eigenvalue weighted by Crippen LogP contribution is -2.43. The fourth-order valence-electron chi connectivity index (χ4n) is 2.58. The van der Waals surface area contributed by atoms with E-state index in [2.05, 4.69) is 27.9 Å². The lowest BCUT2D eigenvalue weighted by molar-refractivity contribution is 0.236. The fraction of sp³-hybridized carbons (Fsp3) is 0.733. The molecule has 4 nitrogen and oxygen atoms in total. The Hall–Kier alpha value is -0.750. The van der Waals surface area contributed by atoms with Gasteiger partial charge in [-0.05, 0) is 45.3 Å². The Labute approximate surface area is 134 Å². The molecule has 0 spiro atoms. The number of amides is 2. The molecule has 1 aromatic heterocycles. The lowest BCUT2D eigenvalue weighted by atomic mass is 10.1. The fourth-order valence-corrected chi connectivity index (χ4v) is 4.91. The van der Waals surface area contributed by atoms with Crippen molar-refractivity contribution in [3.8, 4) is 0 Å². The van der Waals surface area contributed by atoms with E-state index in [1.165, 1.54) is 36.4 Å². The summed E-state index contributed by atoms with van der Waals surface area (Å²) in [4.78, 5) is 16.7. The van der Waals surface area contributed by atoms with E-state index in [1.54, 1.807) is 11.3 Å². The predicted molar refractivity (Wildman–Crippen MR) is 89.1 cm³/mol. The zero-order valence-corrected chi connectivity index (χ0v) is 14.3. The van der Waals surface area contributed by atoms with E-state index < -0.39 is 0 Å². The second-order valence-electron chi connectivity index (χ2n) is 6.34. The molecule has 1 aliphatic heterocycles. The third-order valence-electron chi connectivity index (χ3n) is 4.18. The summed E-state index contributed by atoms with van der Waals surface area (Å²) < 4.78 is 0.209. The molecule has 1 aliphatic carbocycles. The van der Waals surface area contributed by atoms with E-state index in [4.69, 9.17) is 0 Å². The molecule has 0 bridgehead atoms. The van der Waals surface area contributed by atoms with Gasteiger partial charge in [-0.2, -0.15) is 11.8 Å². The predicted octanol–water partition coefficient (Wildman–Crippen LogP) is 3.67. The maximum absolute atomic E-state index is 12.0.